The lowest BCUT2D eigenvalue weighted by Crippen LogP contribution is -2.28. The van der Waals surface area contributed by atoms with Crippen LogP contribution in [0, 0.1) is 6.92 Å². The molecule has 6 nitrogen and oxygen atoms in total. The van der Waals surface area contributed by atoms with E-state index in [1.165, 1.54) is 0 Å². The van der Waals surface area contributed by atoms with E-state index in [1.54, 1.807) is 17.7 Å². The van der Waals surface area contributed by atoms with E-state index in [2.05, 4.69) is 34.6 Å². The molecule has 0 aliphatic heterocycles. The Hall–Kier alpha value is -3.38. The molecule has 2 aromatic heterocycles. The highest BCUT2D eigenvalue weighted by atomic mass is 16.5. The number of benzene rings is 2. The second-order valence-electron chi connectivity index (χ2n) is 8.35. The van der Waals surface area contributed by atoms with Crippen molar-refractivity contribution in [2.45, 2.75) is 33.7 Å². The van der Waals surface area contributed by atoms with E-state index in [9.17, 15) is 4.79 Å². The molecule has 0 aliphatic rings. The van der Waals surface area contributed by atoms with Crippen LogP contribution in [0.1, 0.15) is 25.8 Å². The van der Waals surface area contributed by atoms with Gasteiger partial charge in [0.2, 0.25) is 0 Å². The molecule has 2 aromatic carbocycles. The molecule has 0 fully saturated rings. The maximum atomic E-state index is 13.0. The number of hydrogen-bond donors (Lipinski definition) is 0. The average molecular weight is 445 g/mol. The van der Waals surface area contributed by atoms with Gasteiger partial charge in [-0.1, -0.05) is 19.9 Å². The molecule has 172 valence electrons. The van der Waals surface area contributed by atoms with Gasteiger partial charge in [0, 0.05) is 29.9 Å². The van der Waals surface area contributed by atoms with Crippen molar-refractivity contribution in [2.75, 3.05) is 26.7 Å². The van der Waals surface area contributed by atoms with Crippen LogP contribution < -0.4 is 10.3 Å². The molecular weight excluding hydrogens is 412 g/mol. The zero-order valence-corrected chi connectivity index (χ0v) is 19.9. The fraction of sp³-hybridized carbons (Fsp3) is 0.333. The highest BCUT2D eigenvalue weighted by Crippen LogP contribution is 2.26. The first-order valence-electron chi connectivity index (χ1n) is 11.6. The summed E-state index contributed by atoms with van der Waals surface area (Å²) in [5.74, 6) is 0.811. The van der Waals surface area contributed by atoms with E-state index in [-0.39, 0.29) is 5.56 Å². The summed E-state index contributed by atoms with van der Waals surface area (Å²) in [6.07, 6.45) is 4.88. The molecule has 2 heterocycles. The fourth-order valence-electron chi connectivity index (χ4n) is 4.33. The molecule has 0 bridgehead atoms. The summed E-state index contributed by atoms with van der Waals surface area (Å²) in [5, 5.41) is 5.62. The molecule has 0 spiro atoms. The Bertz CT molecular complexity index is 1310. The molecule has 0 radical (unpaired) electrons. The first-order valence-corrected chi connectivity index (χ1v) is 11.6. The van der Waals surface area contributed by atoms with E-state index in [1.807, 2.05) is 55.7 Å². The Kier molecular flexibility index (Phi) is 6.94. The van der Waals surface area contributed by atoms with Gasteiger partial charge < -0.3 is 9.64 Å². The van der Waals surface area contributed by atoms with E-state index >= 15 is 0 Å². The lowest BCUT2D eigenvalue weighted by molar-refractivity contribution is 0.273. The number of aromatic nitrogens is 3. The standard InChI is InChI=1S/C27H32N4O2/c1-5-12-29(6-2)14-15-31-26-10-7-23(17-22(26)19-28-31)30-13-11-21(18-27(30)32)25-9-8-24(33-4)16-20(25)3/h7-11,13,16-19H,5-6,12,14-15H2,1-4H3. The monoisotopic (exact) mass is 444 g/mol. The molecule has 4 aromatic rings. The zero-order chi connectivity index (χ0) is 23.4. The number of ether oxygens (including phenoxy) is 1. The van der Waals surface area contributed by atoms with E-state index < -0.39 is 0 Å². The third kappa shape index (κ3) is 4.86. The minimum atomic E-state index is -0.0624. The third-order valence-electron chi connectivity index (χ3n) is 6.18. The van der Waals surface area contributed by atoms with Crippen molar-refractivity contribution in [3.05, 3.63) is 76.8 Å². The van der Waals surface area contributed by atoms with Crippen molar-refractivity contribution in [1.29, 1.82) is 0 Å². The Morgan fingerprint density at radius 2 is 1.88 bits per heavy atom. The van der Waals surface area contributed by atoms with Crippen LogP contribution in [0.2, 0.25) is 0 Å². The van der Waals surface area contributed by atoms with Crippen LogP contribution in [-0.2, 0) is 6.54 Å². The van der Waals surface area contributed by atoms with E-state index in [0.717, 1.165) is 71.6 Å². The fourth-order valence-corrected chi connectivity index (χ4v) is 4.33. The largest absolute Gasteiger partial charge is 0.497 e. The molecular formula is C27H32N4O2. The van der Waals surface area contributed by atoms with Crippen molar-refractivity contribution < 1.29 is 4.74 Å². The number of aryl methyl sites for hydroxylation is 1. The highest BCUT2D eigenvalue weighted by molar-refractivity contribution is 5.81. The summed E-state index contributed by atoms with van der Waals surface area (Å²) in [7, 11) is 1.66. The molecule has 0 saturated carbocycles. The number of fused-ring (bicyclic) bond motifs is 1. The van der Waals surface area contributed by atoms with Gasteiger partial charge in [-0.05, 0) is 79.5 Å². The van der Waals surface area contributed by atoms with Gasteiger partial charge in [0.25, 0.3) is 5.56 Å². The van der Waals surface area contributed by atoms with Crippen LogP contribution in [-0.4, -0.2) is 46.0 Å². The Labute approximate surface area is 195 Å². The molecule has 0 atom stereocenters. The Morgan fingerprint density at radius 3 is 2.58 bits per heavy atom. The van der Waals surface area contributed by atoms with E-state index in [0.29, 0.717) is 0 Å². The molecule has 0 aliphatic carbocycles. The number of rotatable bonds is 9. The first kappa shape index (κ1) is 22.8. The quantitative estimate of drug-likeness (QED) is 0.368. The van der Waals surface area contributed by atoms with Gasteiger partial charge in [0.05, 0.1) is 25.4 Å². The van der Waals surface area contributed by atoms with Crippen molar-refractivity contribution in [1.82, 2.24) is 19.2 Å². The van der Waals surface area contributed by atoms with Crippen LogP contribution in [0.4, 0.5) is 0 Å². The summed E-state index contributed by atoms with van der Waals surface area (Å²) in [5.41, 5.74) is 4.86. The number of likely N-dealkylation sites (N-methyl/N-ethyl adjacent to an activating group) is 1. The van der Waals surface area contributed by atoms with Crippen molar-refractivity contribution in [3.8, 4) is 22.6 Å². The van der Waals surface area contributed by atoms with Crippen LogP contribution in [0.5, 0.6) is 5.75 Å². The maximum absolute atomic E-state index is 13.0. The van der Waals surface area contributed by atoms with Crippen molar-refractivity contribution >= 4 is 10.9 Å². The summed E-state index contributed by atoms with van der Waals surface area (Å²) >= 11 is 0. The predicted octanol–water partition coefficient (Wildman–Crippen LogP) is 4.90. The minimum Gasteiger partial charge on any atom is -0.497 e. The third-order valence-corrected chi connectivity index (χ3v) is 6.18. The smallest absolute Gasteiger partial charge is 0.255 e. The average Bonchev–Trinajstić information content (AvgIpc) is 3.23. The van der Waals surface area contributed by atoms with E-state index in [4.69, 9.17) is 4.74 Å². The van der Waals surface area contributed by atoms with Gasteiger partial charge in [-0.25, -0.2) is 0 Å². The molecule has 4 rings (SSSR count). The predicted molar refractivity (Wildman–Crippen MR) is 134 cm³/mol. The molecule has 33 heavy (non-hydrogen) atoms. The molecule has 0 saturated heterocycles. The van der Waals surface area contributed by atoms with Crippen molar-refractivity contribution in [3.63, 3.8) is 0 Å². The Balaban J connectivity index is 1.58. The topological polar surface area (TPSA) is 52.3 Å². The van der Waals surface area contributed by atoms with Gasteiger partial charge in [-0.3, -0.25) is 14.0 Å². The number of nitrogens with zero attached hydrogens (tertiary/aromatic N) is 4. The number of hydrogen-bond acceptors (Lipinski definition) is 4. The molecule has 0 amide bonds. The van der Waals surface area contributed by atoms with Gasteiger partial charge in [0.15, 0.2) is 0 Å². The molecule has 0 N–H and O–H groups in total. The second-order valence-corrected chi connectivity index (χ2v) is 8.35. The van der Waals surface area contributed by atoms with Crippen LogP contribution >= 0.6 is 0 Å². The van der Waals surface area contributed by atoms with Crippen LogP contribution in [0.15, 0.2) is 65.7 Å². The van der Waals surface area contributed by atoms with Crippen molar-refractivity contribution in [2.24, 2.45) is 0 Å². The van der Waals surface area contributed by atoms with Gasteiger partial charge in [-0.2, -0.15) is 5.10 Å². The van der Waals surface area contributed by atoms with Gasteiger partial charge in [-0.15, -0.1) is 0 Å². The zero-order valence-electron chi connectivity index (χ0n) is 19.9. The summed E-state index contributed by atoms with van der Waals surface area (Å²) in [6, 6.07) is 15.6. The summed E-state index contributed by atoms with van der Waals surface area (Å²) in [4.78, 5) is 15.4. The number of pyridine rings is 1. The highest BCUT2D eigenvalue weighted by Gasteiger charge is 2.10. The van der Waals surface area contributed by atoms with Crippen LogP contribution in [0.25, 0.3) is 27.7 Å². The van der Waals surface area contributed by atoms with Crippen LogP contribution in [0.3, 0.4) is 0 Å². The Morgan fingerprint density at radius 1 is 1.03 bits per heavy atom. The molecule has 0 unspecified atom stereocenters. The summed E-state index contributed by atoms with van der Waals surface area (Å²) < 4.78 is 9.02. The summed E-state index contributed by atoms with van der Waals surface area (Å²) in [6.45, 7) is 10.4. The number of methoxy groups -OCH3 is 1. The molecule has 6 heteroatoms. The lowest BCUT2D eigenvalue weighted by Gasteiger charge is -2.19. The first-order chi connectivity index (χ1) is 16.0. The van der Waals surface area contributed by atoms with Gasteiger partial charge >= 0.3 is 0 Å². The van der Waals surface area contributed by atoms with Gasteiger partial charge in [0.1, 0.15) is 5.75 Å². The minimum absolute atomic E-state index is 0.0624. The lowest BCUT2D eigenvalue weighted by atomic mass is 10.0. The SMILES string of the molecule is CCCN(CC)CCn1ncc2cc(-n3ccc(-c4ccc(OC)cc4C)cc3=O)ccc21. The maximum Gasteiger partial charge on any atom is 0.255 e. The second kappa shape index (κ2) is 10.0. The normalized spacial score (nSPS) is 11.4.